The summed E-state index contributed by atoms with van der Waals surface area (Å²) in [4.78, 5) is 1.33. The minimum Gasteiger partial charge on any atom is -0.412 e. The molecule has 1 nitrogen and oxygen atoms in total. The van der Waals surface area contributed by atoms with Crippen molar-refractivity contribution in [1.82, 2.24) is 0 Å². The molecular weight excluding hydrogens is 280 g/mol. The number of hydrogen-bond acceptors (Lipinski definition) is 2. The molecule has 1 aliphatic carbocycles. The molecule has 0 amide bonds. The van der Waals surface area contributed by atoms with Gasteiger partial charge in [-0.15, -0.1) is 11.8 Å². The smallest absolute Gasteiger partial charge is 0.192 e. The third-order valence-corrected chi connectivity index (χ3v) is 10.1. The van der Waals surface area contributed by atoms with Gasteiger partial charge in [-0.1, -0.05) is 51.1 Å². The molecule has 0 radical (unpaired) electrons. The summed E-state index contributed by atoms with van der Waals surface area (Å²) >= 11 is 1.92. The van der Waals surface area contributed by atoms with Crippen molar-refractivity contribution in [1.29, 1.82) is 0 Å². The van der Waals surface area contributed by atoms with Gasteiger partial charge < -0.3 is 4.43 Å². The first-order chi connectivity index (χ1) is 9.29. The van der Waals surface area contributed by atoms with Crippen LogP contribution in [-0.2, 0) is 4.43 Å². The first-order valence-electron chi connectivity index (χ1n) is 7.36. The fourth-order valence-corrected chi connectivity index (χ4v) is 4.64. The van der Waals surface area contributed by atoms with Crippen LogP contribution in [0.1, 0.15) is 27.2 Å². The second-order valence-electron chi connectivity index (χ2n) is 6.98. The van der Waals surface area contributed by atoms with Gasteiger partial charge in [0, 0.05) is 4.90 Å². The Morgan fingerprint density at radius 1 is 1.15 bits per heavy atom. The van der Waals surface area contributed by atoms with Gasteiger partial charge in [0.05, 0.1) is 11.4 Å². The molecule has 0 unspecified atom stereocenters. The highest BCUT2D eigenvalue weighted by Crippen LogP contribution is 2.41. The van der Waals surface area contributed by atoms with Crippen LogP contribution in [-0.4, -0.2) is 19.7 Å². The van der Waals surface area contributed by atoms with E-state index in [4.69, 9.17) is 4.43 Å². The highest BCUT2D eigenvalue weighted by Gasteiger charge is 2.41. The SMILES string of the molecule is CC(C)(C)[Si](C)(C)O[C@H]1CC=C[C@@H]1Sc1ccccc1. The van der Waals surface area contributed by atoms with Crippen LogP contribution < -0.4 is 0 Å². The lowest BCUT2D eigenvalue weighted by atomic mass is 10.2. The van der Waals surface area contributed by atoms with E-state index in [0.717, 1.165) is 6.42 Å². The molecule has 0 saturated heterocycles. The zero-order valence-electron chi connectivity index (χ0n) is 13.2. The Morgan fingerprint density at radius 3 is 2.40 bits per heavy atom. The molecule has 1 aromatic carbocycles. The maximum absolute atomic E-state index is 6.60. The standard InChI is InChI=1S/C17H26OSSi/c1-17(2,3)20(4,5)18-15-12-9-13-16(15)19-14-10-7-6-8-11-14/h6-11,13,15-16H,12H2,1-5H3/t15-,16-/m0/s1. The van der Waals surface area contributed by atoms with Crippen LogP contribution >= 0.6 is 11.8 Å². The lowest BCUT2D eigenvalue weighted by molar-refractivity contribution is 0.198. The summed E-state index contributed by atoms with van der Waals surface area (Å²) in [6.45, 7) is 11.6. The van der Waals surface area contributed by atoms with E-state index < -0.39 is 8.32 Å². The summed E-state index contributed by atoms with van der Waals surface area (Å²) in [5, 5.41) is 0.726. The first kappa shape index (κ1) is 15.9. The van der Waals surface area contributed by atoms with Crippen LogP contribution in [0, 0.1) is 0 Å². The van der Waals surface area contributed by atoms with Gasteiger partial charge in [-0.25, -0.2) is 0 Å². The van der Waals surface area contributed by atoms with Crippen molar-refractivity contribution < 1.29 is 4.43 Å². The number of benzene rings is 1. The molecule has 0 spiro atoms. The molecule has 0 aromatic heterocycles. The molecular formula is C17H26OSSi. The van der Waals surface area contributed by atoms with Crippen LogP contribution in [0.3, 0.4) is 0 Å². The predicted molar refractivity (Wildman–Crippen MR) is 91.9 cm³/mol. The maximum atomic E-state index is 6.60. The zero-order chi connectivity index (χ0) is 14.8. The van der Waals surface area contributed by atoms with Crippen molar-refractivity contribution in [2.75, 3.05) is 0 Å². The lowest BCUT2D eigenvalue weighted by Crippen LogP contribution is -2.45. The topological polar surface area (TPSA) is 9.23 Å². The normalized spacial score (nSPS) is 23.2. The summed E-state index contributed by atoms with van der Waals surface area (Å²) in [5.41, 5.74) is 0. The molecule has 1 aliphatic rings. The Balaban J connectivity index is 2.02. The lowest BCUT2D eigenvalue weighted by Gasteiger charge is -2.39. The fraction of sp³-hybridized carbons (Fsp3) is 0.529. The van der Waals surface area contributed by atoms with E-state index >= 15 is 0 Å². The quantitative estimate of drug-likeness (QED) is 0.537. The molecule has 0 N–H and O–H groups in total. The Morgan fingerprint density at radius 2 is 1.80 bits per heavy atom. The summed E-state index contributed by atoms with van der Waals surface area (Å²) in [5.74, 6) is 0. The van der Waals surface area contributed by atoms with E-state index in [1.165, 1.54) is 4.90 Å². The van der Waals surface area contributed by atoms with Gasteiger partial charge in [0.1, 0.15) is 0 Å². The van der Waals surface area contributed by atoms with Gasteiger partial charge in [0.15, 0.2) is 8.32 Å². The summed E-state index contributed by atoms with van der Waals surface area (Å²) in [7, 11) is -1.68. The van der Waals surface area contributed by atoms with Crippen LogP contribution in [0.5, 0.6) is 0 Å². The van der Waals surface area contributed by atoms with Crippen LogP contribution in [0.4, 0.5) is 0 Å². The van der Waals surface area contributed by atoms with E-state index in [-0.39, 0.29) is 5.04 Å². The molecule has 20 heavy (non-hydrogen) atoms. The Kier molecular flexibility index (Phi) is 4.83. The fourth-order valence-electron chi connectivity index (χ4n) is 2.05. The van der Waals surface area contributed by atoms with E-state index in [1.54, 1.807) is 0 Å². The van der Waals surface area contributed by atoms with Gasteiger partial charge in [0.25, 0.3) is 0 Å². The van der Waals surface area contributed by atoms with Crippen LogP contribution in [0.15, 0.2) is 47.4 Å². The molecule has 0 heterocycles. The molecule has 110 valence electrons. The molecule has 0 bridgehead atoms. The summed E-state index contributed by atoms with van der Waals surface area (Å²) < 4.78 is 6.60. The second kappa shape index (κ2) is 6.08. The van der Waals surface area contributed by atoms with Crippen molar-refractivity contribution in [2.24, 2.45) is 0 Å². The van der Waals surface area contributed by atoms with Crippen LogP contribution in [0.2, 0.25) is 18.1 Å². The highest BCUT2D eigenvalue weighted by atomic mass is 32.2. The second-order valence-corrected chi connectivity index (χ2v) is 13.0. The third-order valence-electron chi connectivity index (χ3n) is 4.33. The van der Waals surface area contributed by atoms with Crippen LogP contribution in [0.25, 0.3) is 0 Å². The molecule has 0 saturated carbocycles. The van der Waals surface area contributed by atoms with Gasteiger partial charge >= 0.3 is 0 Å². The van der Waals surface area contributed by atoms with Crippen molar-refractivity contribution in [3.05, 3.63) is 42.5 Å². The highest BCUT2D eigenvalue weighted by molar-refractivity contribution is 8.00. The minimum atomic E-state index is -1.68. The Hall–Kier alpha value is -0.513. The summed E-state index contributed by atoms with van der Waals surface area (Å²) in [6.07, 6.45) is 5.98. The van der Waals surface area contributed by atoms with Crippen molar-refractivity contribution >= 4 is 20.1 Å². The number of hydrogen-bond donors (Lipinski definition) is 0. The zero-order valence-corrected chi connectivity index (χ0v) is 15.0. The van der Waals surface area contributed by atoms with E-state index in [1.807, 2.05) is 11.8 Å². The van der Waals surface area contributed by atoms with Gasteiger partial charge in [-0.2, -0.15) is 0 Å². The molecule has 1 aromatic rings. The van der Waals surface area contributed by atoms with Crippen molar-refractivity contribution in [3.63, 3.8) is 0 Å². The van der Waals surface area contributed by atoms with E-state index in [9.17, 15) is 0 Å². The maximum Gasteiger partial charge on any atom is 0.192 e. The largest absolute Gasteiger partial charge is 0.412 e. The molecule has 2 rings (SSSR count). The molecule has 3 heteroatoms. The third kappa shape index (κ3) is 3.77. The van der Waals surface area contributed by atoms with Gasteiger partial charge in [-0.05, 0) is 36.7 Å². The van der Waals surface area contributed by atoms with Crippen molar-refractivity contribution in [2.45, 2.75) is 61.6 Å². The van der Waals surface area contributed by atoms with Gasteiger partial charge in [0.2, 0.25) is 0 Å². The Labute approximate surface area is 128 Å². The molecule has 0 aliphatic heterocycles. The molecule has 2 atom stereocenters. The minimum absolute atomic E-state index is 0.275. The monoisotopic (exact) mass is 306 g/mol. The average molecular weight is 307 g/mol. The van der Waals surface area contributed by atoms with Gasteiger partial charge in [-0.3, -0.25) is 0 Å². The molecule has 0 fully saturated rings. The summed E-state index contributed by atoms with van der Waals surface area (Å²) in [6, 6.07) is 10.6. The Bertz CT molecular complexity index is 462. The predicted octanol–water partition coefficient (Wildman–Crippen LogP) is 5.50. The van der Waals surface area contributed by atoms with E-state index in [0.29, 0.717) is 11.4 Å². The first-order valence-corrected chi connectivity index (χ1v) is 11.1. The number of thioether (sulfide) groups is 1. The average Bonchev–Trinajstić information content (AvgIpc) is 2.76. The van der Waals surface area contributed by atoms with Crippen molar-refractivity contribution in [3.8, 4) is 0 Å². The van der Waals surface area contributed by atoms with E-state index in [2.05, 4.69) is 76.3 Å². The number of rotatable bonds is 4.